The molecule has 0 atom stereocenters. The highest BCUT2D eigenvalue weighted by atomic mass is 32.2. The number of ether oxygens (including phenoxy) is 1. The van der Waals surface area contributed by atoms with Gasteiger partial charge in [0, 0.05) is 19.1 Å². The Kier molecular flexibility index (Phi) is 5.57. The molecule has 1 saturated carbocycles. The van der Waals surface area contributed by atoms with E-state index in [0.29, 0.717) is 26.3 Å². The molecule has 7 nitrogen and oxygen atoms in total. The van der Waals surface area contributed by atoms with Crippen LogP contribution in [-0.2, 0) is 14.8 Å². The zero-order chi connectivity index (χ0) is 17.0. The van der Waals surface area contributed by atoms with E-state index in [0.717, 1.165) is 25.7 Å². The number of hydrogen-bond donors (Lipinski definition) is 1. The lowest BCUT2D eigenvalue weighted by Gasteiger charge is -2.24. The Labute approximate surface area is 142 Å². The molecule has 3 rings (SSSR count). The molecule has 1 aliphatic carbocycles. The maximum Gasteiger partial charge on any atom is 0.287 e. The molecule has 1 aromatic heterocycles. The molecular formula is C16H24N2O5S. The SMILES string of the molecule is O=C(NC1CCCCCC1)c1ccc(S(=O)(=O)N2CCOCC2)o1. The Morgan fingerprint density at radius 1 is 1.08 bits per heavy atom. The minimum atomic E-state index is -3.71. The van der Waals surface area contributed by atoms with E-state index in [9.17, 15) is 13.2 Å². The molecule has 24 heavy (non-hydrogen) atoms. The van der Waals surface area contributed by atoms with Gasteiger partial charge in [-0.25, -0.2) is 8.42 Å². The lowest BCUT2D eigenvalue weighted by molar-refractivity contribution is 0.0722. The van der Waals surface area contributed by atoms with Crippen LogP contribution in [0.4, 0.5) is 0 Å². The first-order valence-corrected chi connectivity index (χ1v) is 10.00. The van der Waals surface area contributed by atoms with Gasteiger partial charge in [0.05, 0.1) is 13.2 Å². The second-order valence-electron chi connectivity index (χ2n) is 6.30. The summed E-state index contributed by atoms with van der Waals surface area (Å²) < 4.78 is 36.9. The van der Waals surface area contributed by atoms with Crippen LogP contribution in [0.3, 0.4) is 0 Å². The summed E-state index contributed by atoms with van der Waals surface area (Å²) in [4.78, 5) is 12.3. The number of rotatable bonds is 4. The number of carbonyl (C=O) groups is 1. The van der Waals surface area contributed by atoms with Gasteiger partial charge in [0.2, 0.25) is 5.09 Å². The smallest absolute Gasteiger partial charge is 0.287 e. The van der Waals surface area contributed by atoms with Crippen molar-refractivity contribution in [1.29, 1.82) is 0 Å². The Hall–Kier alpha value is -1.38. The summed E-state index contributed by atoms with van der Waals surface area (Å²) in [6.07, 6.45) is 6.56. The summed E-state index contributed by atoms with van der Waals surface area (Å²) in [6, 6.07) is 2.93. The van der Waals surface area contributed by atoms with Crippen molar-refractivity contribution in [2.45, 2.75) is 49.7 Å². The quantitative estimate of drug-likeness (QED) is 0.830. The van der Waals surface area contributed by atoms with Gasteiger partial charge in [-0.3, -0.25) is 4.79 Å². The van der Waals surface area contributed by atoms with Crippen molar-refractivity contribution >= 4 is 15.9 Å². The molecule has 0 bridgehead atoms. The Morgan fingerprint density at radius 3 is 2.42 bits per heavy atom. The van der Waals surface area contributed by atoms with Crippen molar-refractivity contribution < 1.29 is 22.4 Å². The van der Waals surface area contributed by atoms with Crippen LogP contribution in [0, 0.1) is 0 Å². The number of nitrogens with one attached hydrogen (secondary N) is 1. The van der Waals surface area contributed by atoms with Crippen LogP contribution >= 0.6 is 0 Å². The maximum atomic E-state index is 12.5. The van der Waals surface area contributed by atoms with Gasteiger partial charge >= 0.3 is 0 Å². The fourth-order valence-electron chi connectivity index (χ4n) is 3.18. The third-order valence-corrected chi connectivity index (χ3v) is 6.33. The van der Waals surface area contributed by atoms with E-state index in [1.165, 1.54) is 29.3 Å². The summed E-state index contributed by atoms with van der Waals surface area (Å²) >= 11 is 0. The van der Waals surface area contributed by atoms with E-state index in [4.69, 9.17) is 9.15 Å². The molecule has 0 radical (unpaired) electrons. The van der Waals surface area contributed by atoms with E-state index in [1.807, 2.05) is 0 Å². The summed E-state index contributed by atoms with van der Waals surface area (Å²) in [5, 5.41) is 2.77. The second kappa shape index (κ2) is 7.67. The number of furan rings is 1. The molecule has 0 aromatic carbocycles. The zero-order valence-corrected chi connectivity index (χ0v) is 14.5. The number of amides is 1. The summed E-state index contributed by atoms with van der Waals surface area (Å²) in [5.41, 5.74) is 0. The van der Waals surface area contributed by atoms with Gasteiger partial charge in [-0.15, -0.1) is 0 Å². The van der Waals surface area contributed by atoms with E-state index in [-0.39, 0.29) is 22.8 Å². The van der Waals surface area contributed by atoms with Crippen LogP contribution in [-0.4, -0.2) is 51.0 Å². The fraction of sp³-hybridized carbons (Fsp3) is 0.688. The first kappa shape index (κ1) is 17.4. The molecule has 1 aromatic rings. The lowest BCUT2D eigenvalue weighted by atomic mass is 10.1. The number of hydrogen-bond acceptors (Lipinski definition) is 5. The highest BCUT2D eigenvalue weighted by Crippen LogP contribution is 2.21. The number of nitrogens with zero attached hydrogens (tertiary/aromatic N) is 1. The molecule has 2 aliphatic rings. The molecular weight excluding hydrogens is 332 g/mol. The van der Waals surface area contributed by atoms with E-state index in [2.05, 4.69) is 5.32 Å². The molecule has 2 heterocycles. The first-order valence-electron chi connectivity index (χ1n) is 8.56. The molecule has 1 amide bonds. The molecule has 0 unspecified atom stereocenters. The summed E-state index contributed by atoms with van der Waals surface area (Å²) in [6.45, 7) is 1.34. The molecule has 1 saturated heterocycles. The average molecular weight is 356 g/mol. The highest BCUT2D eigenvalue weighted by Gasteiger charge is 2.30. The van der Waals surface area contributed by atoms with Crippen molar-refractivity contribution in [3.63, 3.8) is 0 Å². The van der Waals surface area contributed by atoms with Crippen LogP contribution in [0.1, 0.15) is 49.1 Å². The number of morpholine rings is 1. The van der Waals surface area contributed by atoms with Crippen molar-refractivity contribution in [3.8, 4) is 0 Å². The van der Waals surface area contributed by atoms with E-state index < -0.39 is 10.0 Å². The molecule has 2 fully saturated rings. The van der Waals surface area contributed by atoms with Crippen LogP contribution < -0.4 is 5.32 Å². The van der Waals surface area contributed by atoms with Gasteiger partial charge in [0.25, 0.3) is 15.9 Å². The van der Waals surface area contributed by atoms with Crippen molar-refractivity contribution in [2.24, 2.45) is 0 Å². The third kappa shape index (κ3) is 3.99. The van der Waals surface area contributed by atoms with Crippen LogP contribution in [0.2, 0.25) is 0 Å². The predicted molar refractivity (Wildman–Crippen MR) is 87.2 cm³/mol. The topological polar surface area (TPSA) is 88.9 Å². The van der Waals surface area contributed by atoms with Crippen molar-refractivity contribution in [2.75, 3.05) is 26.3 Å². The Bertz CT molecular complexity index is 656. The average Bonchev–Trinajstić information content (AvgIpc) is 2.97. The predicted octanol–water partition coefficient (Wildman–Crippen LogP) is 1.75. The second-order valence-corrected chi connectivity index (χ2v) is 8.17. The van der Waals surface area contributed by atoms with Crippen LogP contribution in [0.25, 0.3) is 0 Å². The maximum absolute atomic E-state index is 12.5. The third-order valence-electron chi connectivity index (χ3n) is 4.56. The molecule has 8 heteroatoms. The normalized spacial score (nSPS) is 21.3. The van der Waals surface area contributed by atoms with Gasteiger partial charge in [-0.2, -0.15) is 4.31 Å². The van der Waals surface area contributed by atoms with Gasteiger partial charge in [-0.1, -0.05) is 25.7 Å². The largest absolute Gasteiger partial charge is 0.438 e. The molecule has 1 N–H and O–H groups in total. The minimum Gasteiger partial charge on any atom is -0.438 e. The van der Waals surface area contributed by atoms with E-state index >= 15 is 0 Å². The van der Waals surface area contributed by atoms with Crippen LogP contribution in [0.15, 0.2) is 21.6 Å². The number of carbonyl (C=O) groups excluding carboxylic acids is 1. The fourth-order valence-corrected chi connectivity index (χ4v) is 4.49. The summed E-state index contributed by atoms with van der Waals surface area (Å²) in [5.74, 6) is -0.295. The monoisotopic (exact) mass is 356 g/mol. The summed E-state index contributed by atoms with van der Waals surface area (Å²) in [7, 11) is -3.71. The molecule has 1 aliphatic heterocycles. The van der Waals surface area contributed by atoms with Gasteiger partial charge in [-0.05, 0) is 25.0 Å². The van der Waals surface area contributed by atoms with Gasteiger partial charge < -0.3 is 14.5 Å². The Morgan fingerprint density at radius 2 is 1.75 bits per heavy atom. The molecule has 134 valence electrons. The zero-order valence-electron chi connectivity index (χ0n) is 13.7. The van der Waals surface area contributed by atoms with Gasteiger partial charge in [0.1, 0.15) is 0 Å². The molecule has 0 spiro atoms. The minimum absolute atomic E-state index is 0.0473. The van der Waals surface area contributed by atoms with Crippen molar-refractivity contribution in [3.05, 3.63) is 17.9 Å². The van der Waals surface area contributed by atoms with Crippen molar-refractivity contribution in [1.82, 2.24) is 9.62 Å². The lowest BCUT2D eigenvalue weighted by Crippen LogP contribution is -2.40. The standard InChI is InChI=1S/C16H24N2O5S/c19-16(17-13-5-3-1-2-4-6-13)14-7-8-15(23-14)24(20,21)18-9-11-22-12-10-18/h7-8,13H,1-6,9-12H2,(H,17,19). The van der Waals surface area contributed by atoms with E-state index in [1.54, 1.807) is 0 Å². The van der Waals surface area contributed by atoms with Crippen LogP contribution in [0.5, 0.6) is 0 Å². The first-order chi connectivity index (χ1) is 11.6. The Balaban J connectivity index is 1.66. The van der Waals surface area contributed by atoms with Gasteiger partial charge in [0.15, 0.2) is 5.76 Å². The number of sulfonamides is 1. The highest BCUT2D eigenvalue weighted by molar-refractivity contribution is 7.89.